The van der Waals surface area contributed by atoms with Crippen molar-refractivity contribution in [3.8, 4) is 5.75 Å². The van der Waals surface area contributed by atoms with Gasteiger partial charge >= 0.3 is 5.97 Å². The number of nitro groups is 1. The van der Waals surface area contributed by atoms with Crippen LogP contribution in [0.3, 0.4) is 0 Å². The Balaban J connectivity index is 2.24. The van der Waals surface area contributed by atoms with Crippen molar-refractivity contribution in [1.29, 1.82) is 0 Å². The van der Waals surface area contributed by atoms with Gasteiger partial charge in [-0.2, -0.15) is 0 Å². The summed E-state index contributed by atoms with van der Waals surface area (Å²) in [7, 11) is 0. The first-order valence-corrected chi connectivity index (χ1v) is 8.05. The monoisotopic (exact) mass is 331 g/mol. The van der Waals surface area contributed by atoms with Crippen molar-refractivity contribution < 1.29 is 14.5 Å². The topological polar surface area (TPSA) is 69.4 Å². The van der Waals surface area contributed by atoms with Crippen LogP contribution in [0.1, 0.15) is 25.3 Å². The summed E-state index contributed by atoms with van der Waals surface area (Å²) in [5, 5.41) is 11.3. The molecule has 2 aromatic carbocycles. The molecule has 0 aromatic heterocycles. The number of ether oxygens (including phenoxy) is 1. The number of hydrogen-bond acceptors (Lipinski definition) is 5. The van der Waals surface area contributed by atoms with Gasteiger partial charge in [0.2, 0.25) is 0 Å². The molecular weight excluding hydrogens is 314 g/mol. The van der Waals surface area contributed by atoms with E-state index in [1.165, 1.54) is 17.8 Å². The Kier molecular flexibility index (Phi) is 5.76. The Morgan fingerprint density at radius 2 is 1.91 bits per heavy atom. The number of esters is 1. The average Bonchev–Trinajstić information content (AvgIpc) is 2.51. The first-order valence-electron chi connectivity index (χ1n) is 7.23. The fourth-order valence-corrected chi connectivity index (χ4v) is 2.81. The van der Waals surface area contributed by atoms with Gasteiger partial charge in [-0.15, -0.1) is 0 Å². The van der Waals surface area contributed by atoms with Crippen molar-refractivity contribution in [3.63, 3.8) is 0 Å². The van der Waals surface area contributed by atoms with Crippen LogP contribution in [0.4, 0.5) is 5.69 Å². The van der Waals surface area contributed by atoms with Gasteiger partial charge in [-0.3, -0.25) is 14.9 Å². The number of hydrogen-bond donors (Lipinski definition) is 0. The molecule has 0 spiro atoms. The highest BCUT2D eigenvalue weighted by atomic mass is 32.2. The third-order valence-corrected chi connectivity index (χ3v) is 4.13. The lowest BCUT2D eigenvalue weighted by molar-refractivity contribution is -0.387. The first kappa shape index (κ1) is 17.0. The maximum atomic E-state index is 11.5. The van der Waals surface area contributed by atoms with E-state index in [0.29, 0.717) is 11.3 Å². The summed E-state index contributed by atoms with van der Waals surface area (Å²) in [6.07, 6.45) is 0.954. The molecule has 120 valence electrons. The predicted octanol–water partition coefficient (Wildman–Crippen LogP) is 4.76. The zero-order chi connectivity index (χ0) is 16.8. The highest BCUT2D eigenvalue weighted by Crippen LogP contribution is 2.37. The molecule has 0 heterocycles. The summed E-state index contributed by atoms with van der Waals surface area (Å²) in [5.74, 6) is -0.191. The minimum Gasteiger partial charge on any atom is -0.426 e. The molecule has 0 saturated carbocycles. The van der Waals surface area contributed by atoms with Crippen LogP contribution >= 0.6 is 11.8 Å². The third-order valence-electron chi connectivity index (χ3n) is 3.06. The van der Waals surface area contributed by atoms with E-state index < -0.39 is 4.92 Å². The lowest BCUT2D eigenvalue weighted by Gasteiger charge is -2.07. The van der Waals surface area contributed by atoms with Crippen LogP contribution in [0.5, 0.6) is 5.75 Å². The summed E-state index contributed by atoms with van der Waals surface area (Å²) in [5.41, 5.74) is 1.06. The largest absolute Gasteiger partial charge is 0.426 e. The fraction of sp³-hybridized carbons (Fsp3) is 0.235. The van der Waals surface area contributed by atoms with E-state index in [1.54, 1.807) is 12.1 Å². The molecule has 5 nitrogen and oxygen atoms in total. The number of nitro benzene ring substituents is 1. The molecule has 0 saturated heterocycles. The number of aryl methyl sites for hydroxylation is 1. The van der Waals surface area contributed by atoms with Crippen LogP contribution in [0, 0.1) is 17.0 Å². The number of rotatable bonds is 6. The van der Waals surface area contributed by atoms with Crippen LogP contribution in [0.2, 0.25) is 0 Å². The zero-order valence-corrected chi connectivity index (χ0v) is 13.8. The maximum absolute atomic E-state index is 11.5. The van der Waals surface area contributed by atoms with Gasteiger partial charge in [0.25, 0.3) is 5.69 Å². The standard InChI is InChI=1S/C17H17NO4S/c1-3-4-17(19)22-13-7-10-16(15(11-13)18(20)21)23-14-8-5-12(2)6-9-14/h5-11H,3-4H2,1-2H3. The second kappa shape index (κ2) is 7.78. The van der Waals surface area contributed by atoms with Crippen molar-refractivity contribution in [3.05, 3.63) is 58.1 Å². The van der Waals surface area contributed by atoms with E-state index in [0.717, 1.165) is 10.5 Å². The smallest absolute Gasteiger partial charge is 0.311 e. The van der Waals surface area contributed by atoms with Crippen LogP contribution in [-0.2, 0) is 4.79 Å². The van der Waals surface area contributed by atoms with E-state index in [9.17, 15) is 14.9 Å². The average molecular weight is 331 g/mol. The van der Waals surface area contributed by atoms with E-state index in [1.807, 2.05) is 38.1 Å². The molecule has 0 unspecified atom stereocenters. The molecule has 2 aromatic rings. The fourth-order valence-electron chi connectivity index (χ4n) is 1.91. The summed E-state index contributed by atoms with van der Waals surface area (Å²) in [6.45, 7) is 3.85. The molecule has 0 bridgehead atoms. The van der Waals surface area contributed by atoms with Crippen molar-refractivity contribution in [2.45, 2.75) is 36.5 Å². The third kappa shape index (κ3) is 4.82. The predicted molar refractivity (Wildman–Crippen MR) is 88.9 cm³/mol. The summed E-state index contributed by atoms with van der Waals surface area (Å²) < 4.78 is 5.11. The minimum absolute atomic E-state index is 0.0719. The van der Waals surface area contributed by atoms with Gasteiger partial charge in [0, 0.05) is 11.3 Å². The van der Waals surface area contributed by atoms with Gasteiger partial charge in [-0.1, -0.05) is 36.4 Å². The molecule has 0 aliphatic heterocycles. The second-order valence-electron chi connectivity index (χ2n) is 5.03. The number of nitrogens with zero attached hydrogens (tertiary/aromatic N) is 1. The highest BCUT2D eigenvalue weighted by molar-refractivity contribution is 7.99. The molecule has 2 rings (SSSR count). The Hall–Kier alpha value is -2.34. The Labute approximate surface area is 138 Å². The maximum Gasteiger partial charge on any atom is 0.311 e. The van der Waals surface area contributed by atoms with E-state index in [-0.39, 0.29) is 23.8 Å². The Morgan fingerprint density at radius 1 is 1.22 bits per heavy atom. The molecule has 0 atom stereocenters. The van der Waals surface area contributed by atoms with Crippen molar-refractivity contribution >= 4 is 23.4 Å². The van der Waals surface area contributed by atoms with Gasteiger partial charge in [-0.05, 0) is 37.6 Å². The van der Waals surface area contributed by atoms with Gasteiger partial charge in [0.1, 0.15) is 5.75 Å². The zero-order valence-electron chi connectivity index (χ0n) is 12.9. The van der Waals surface area contributed by atoms with E-state index in [2.05, 4.69) is 0 Å². The van der Waals surface area contributed by atoms with Crippen LogP contribution < -0.4 is 4.74 Å². The van der Waals surface area contributed by atoms with Crippen LogP contribution in [-0.4, -0.2) is 10.9 Å². The quantitative estimate of drug-likeness (QED) is 0.330. The number of benzene rings is 2. The molecule has 0 N–H and O–H groups in total. The lowest BCUT2D eigenvalue weighted by Crippen LogP contribution is -2.07. The van der Waals surface area contributed by atoms with Crippen molar-refractivity contribution in [2.24, 2.45) is 0 Å². The first-order chi connectivity index (χ1) is 11.0. The SMILES string of the molecule is CCCC(=O)Oc1ccc(Sc2ccc(C)cc2)c([N+](=O)[O-])c1. The highest BCUT2D eigenvalue weighted by Gasteiger charge is 2.17. The number of carbonyl (C=O) groups is 1. The second-order valence-corrected chi connectivity index (χ2v) is 6.14. The molecule has 0 aliphatic rings. The summed E-state index contributed by atoms with van der Waals surface area (Å²) >= 11 is 1.31. The van der Waals surface area contributed by atoms with E-state index >= 15 is 0 Å². The molecule has 0 radical (unpaired) electrons. The minimum atomic E-state index is -0.465. The molecule has 0 aliphatic carbocycles. The summed E-state index contributed by atoms with van der Waals surface area (Å²) in [6, 6.07) is 12.2. The molecular formula is C17H17NO4S. The molecule has 6 heteroatoms. The normalized spacial score (nSPS) is 10.3. The Bertz CT molecular complexity index is 713. The van der Waals surface area contributed by atoms with Gasteiger partial charge in [0.05, 0.1) is 15.9 Å². The van der Waals surface area contributed by atoms with Crippen LogP contribution in [0.15, 0.2) is 52.3 Å². The van der Waals surface area contributed by atoms with Gasteiger partial charge in [-0.25, -0.2) is 0 Å². The molecule has 0 fully saturated rings. The summed E-state index contributed by atoms with van der Waals surface area (Å²) in [4.78, 5) is 23.7. The van der Waals surface area contributed by atoms with Gasteiger partial charge in [0.15, 0.2) is 0 Å². The van der Waals surface area contributed by atoms with E-state index in [4.69, 9.17) is 4.74 Å². The lowest BCUT2D eigenvalue weighted by atomic mass is 10.2. The van der Waals surface area contributed by atoms with Crippen molar-refractivity contribution in [2.75, 3.05) is 0 Å². The molecule has 23 heavy (non-hydrogen) atoms. The molecule has 0 amide bonds. The van der Waals surface area contributed by atoms with Gasteiger partial charge < -0.3 is 4.74 Å². The van der Waals surface area contributed by atoms with Crippen molar-refractivity contribution in [1.82, 2.24) is 0 Å². The number of carbonyl (C=O) groups excluding carboxylic acids is 1. The Morgan fingerprint density at radius 3 is 2.52 bits per heavy atom. The van der Waals surface area contributed by atoms with Crippen LogP contribution in [0.25, 0.3) is 0 Å².